The zero-order valence-electron chi connectivity index (χ0n) is 14.3. The normalized spacial score (nSPS) is 11.9. The van der Waals surface area contributed by atoms with Gasteiger partial charge in [-0.05, 0) is 17.7 Å². The number of rotatable bonds is 7. The summed E-state index contributed by atoms with van der Waals surface area (Å²) in [5.74, 6) is -2.09. The first-order valence-electron chi connectivity index (χ1n) is 8.23. The lowest BCUT2D eigenvalue weighted by molar-refractivity contribution is -0.141. The Morgan fingerprint density at radius 3 is 2.52 bits per heavy atom. The van der Waals surface area contributed by atoms with Gasteiger partial charge >= 0.3 is 11.6 Å². The molecule has 3 aromatic rings. The molecule has 0 unspecified atom stereocenters. The lowest BCUT2D eigenvalue weighted by atomic mass is 10.1. The first kappa shape index (κ1) is 18.3. The Kier molecular flexibility index (Phi) is 5.63. The molecule has 1 heterocycles. The number of hydrogen-bond acceptors (Lipinski definition) is 5. The third-order valence-corrected chi connectivity index (χ3v) is 3.89. The summed E-state index contributed by atoms with van der Waals surface area (Å²) in [6, 6.07) is 16.0. The van der Waals surface area contributed by atoms with Crippen LogP contribution in [0.1, 0.15) is 15.9 Å². The van der Waals surface area contributed by atoms with Crippen molar-refractivity contribution in [2.75, 3.05) is 6.61 Å². The Bertz CT molecular complexity index is 1010. The average Bonchev–Trinajstić information content (AvgIpc) is 2.67. The second kappa shape index (κ2) is 8.29. The van der Waals surface area contributed by atoms with Crippen LogP contribution in [0.4, 0.5) is 0 Å². The van der Waals surface area contributed by atoms with E-state index < -0.39 is 23.5 Å². The lowest BCUT2D eigenvalue weighted by Crippen LogP contribution is -2.45. The summed E-state index contributed by atoms with van der Waals surface area (Å²) in [5.41, 5.74) is 0.131. The molecular weight excluding hydrogens is 350 g/mol. The van der Waals surface area contributed by atoms with Gasteiger partial charge in [0.25, 0.3) is 5.91 Å². The van der Waals surface area contributed by atoms with E-state index in [4.69, 9.17) is 9.15 Å². The SMILES string of the molecule is O=C(N[C@@H](COCc1ccccc1)C(=O)O)c1cc2ccccc2oc1=O. The van der Waals surface area contributed by atoms with E-state index in [2.05, 4.69) is 5.32 Å². The van der Waals surface area contributed by atoms with E-state index in [1.54, 1.807) is 24.3 Å². The van der Waals surface area contributed by atoms with Gasteiger partial charge in [-0.2, -0.15) is 0 Å². The Morgan fingerprint density at radius 1 is 1.07 bits per heavy atom. The monoisotopic (exact) mass is 367 g/mol. The number of nitrogens with one attached hydrogen (secondary N) is 1. The van der Waals surface area contributed by atoms with E-state index in [1.807, 2.05) is 30.3 Å². The second-order valence-corrected chi connectivity index (χ2v) is 5.85. The molecule has 0 aliphatic carbocycles. The van der Waals surface area contributed by atoms with Crippen LogP contribution in [0.5, 0.6) is 0 Å². The number of amides is 1. The van der Waals surface area contributed by atoms with Gasteiger partial charge in [0.1, 0.15) is 11.1 Å². The zero-order chi connectivity index (χ0) is 19.2. The Balaban J connectivity index is 1.69. The predicted octanol–water partition coefficient (Wildman–Crippen LogP) is 2.19. The maximum Gasteiger partial charge on any atom is 0.349 e. The van der Waals surface area contributed by atoms with Crippen LogP contribution in [-0.2, 0) is 16.1 Å². The molecule has 0 spiro atoms. The molecule has 138 valence electrons. The molecule has 0 aliphatic heterocycles. The molecule has 27 heavy (non-hydrogen) atoms. The van der Waals surface area contributed by atoms with Crippen LogP contribution in [0, 0.1) is 0 Å². The van der Waals surface area contributed by atoms with Crippen LogP contribution in [-0.4, -0.2) is 29.6 Å². The quantitative estimate of drug-likeness (QED) is 0.620. The number of carbonyl (C=O) groups excluding carboxylic acids is 1. The van der Waals surface area contributed by atoms with Gasteiger partial charge in [0.05, 0.1) is 13.2 Å². The van der Waals surface area contributed by atoms with Crippen LogP contribution in [0.15, 0.2) is 69.9 Å². The highest BCUT2D eigenvalue weighted by Gasteiger charge is 2.23. The number of para-hydroxylation sites is 1. The number of carboxylic acids is 1. The van der Waals surface area contributed by atoms with E-state index in [1.165, 1.54) is 6.07 Å². The van der Waals surface area contributed by atoms with Gasteiger partial charge in [-0.3, -0.25) is 4.79 Å². The molecule has 0 fully saturated rings. The summed E-state index contributed by atoms with van der Waals surface area (Å²) >= 11 is 0. The minimum Gasteiger partial charge on any atom is -0.480 e. The highest BCUT2D eigenvalue weighted by Crippen LogP contribution is 2.12. The molecule has 0 radical (unpaired) electrons. The molecule has 7 nitrogen and oxygen atoms in total. The molecule has 2 aromatic carbocycles. The van der Waals surface area contributed by atoms with Crippen molar-refractivity contribution in [1.29, 1.82) is 0 Å². The number of benzene rings is 2. The van der Waals surface area contributed by atoms with Crippen LogP contribution in [0.25, 0.3) is 11.0 Å². The van der Waals surface area contributed by atoms with Gasteiger partial charge in [-0.1, -0.05) is 48.5 Å². The van der Waals surface area contributed by atoms with Crippen molar-refractivity contribution in [3.63, 3.8) is 0 Å². The lowest BCUT2D eigenvalue weighted by Gasteiger charge is -2.14. The van der Waals surface area contributed by atoms with Gasteiger partial charge in [0.15, 0.2) is 6.04 Å². The van der Waals surface area contributed by atoms with Crippen LogP contribution >= 0.6 is 0 Å². The zero-order valence-corrected chi connectivity index (χ0v) is 14.3. The van der Waals surface area contributed by atoms with Gasteiger partial charge in [-0.15, -0.1) is 0 Å². The number of carbonyl (C=O) groups is 2. The summed E-state index contributed by atoms with van der Waals surface area (Å²) in [6.07, 6.45) is 0. The first-order chi connectivity index (χ1) is 13.0. The van der Waals surface area contributed by atoms with Crippen LogP contribution in [0.3, 0.4) is 0 Å². The highest BCUT2D eigenvalue weighted by molar-refractivity contribution is 5.98. The third kappa shape index (κ3) is 4.59. The molecule has 0 aliphatic rings. The molecule has 3 rings (SSSR count). The summed E-state index contributed by atoms with van der Waals surface area (Å²) < 4.78 is 10.5. The molecule has 1 aromatic heterocycles. The van der Waals surface area contributed by atoms with Crippen molar-refractivity contribution >= 4 is 22.8 Å². The summed E-state index contributed by atoms with van der Waals surface area (Å²) in [4.78, 5) is 35.8. The average molecular weight is 367 g/mol. The molecule has 2 N–H and O–H groups in total. The molecule has 1 amide bonds. The maximum absolute atomic E-state index is 12.4. The number of carboxylic acid groups (broad SMARTS) is 1. The van der Waals surface area contributed by atoms with Crippen molar-refractivity contribution in [3.8, 4) is 0 Å². The summed E-state index contributed by atoms with van der Waals surface area (Å²) in [5, 5.41) is 12.2. The van der Waals surface area contributed by atoms with E-state index in [0.717, 1.165) is 5.56 Å². The van der Waals surface area contributed by atoms with E-state index in [-0.39, 0.29) is 18.8 Å². The Morgan fingerprint density at radius 2 is 1.78 bits per heavy atom. The largest absolute Gasteiger partial charge is 0.480 e. The van der Waals surface area contributed by atoms with Crippen LogP contribution in [0.2, 0.25) is 0 Å². The predicted molar refractivity (Wildman–Crippen MR) is 97.5 cm³/mol. The molecule has 1 atom stereocenters. The number of aliphatic carboxylic acids is 1. The fourth-order valence-electron chi connectivity index (χ4n) is 2.50. The van der Waals surface area contributed by atoms with Crippen molar-refractivity contribution in [3.05, 3.63) is 82.2 Å². The van der Waals surface area contributed by atoms with Crippen molar-refractivity contribution in [2.45, 2.75) is 12.6 Å². The van der Waals surface area contributed by atoms with Crippen molar-refractivity contribution in [2.24, 2.45) is 0 Å². The fourth-order valence-corrected chi connectivity index (χ4v) is 2.50. The van der Waals surface area contributed by atoms with Gasteiger partial charge in [-0.25, -0.2) is 9.59 Å². The minimum absolute atomic E-state index is 0.207. The topological polar surface area (TPSA) is 106 Å². The van der Waals surface area contributed by atoms with Crippen LogP contribution < -0.4 is 10.9 Å². The van der Waals surface area contributed by atoms with Gasteiger partial charge < -0.3 is 19.6 Å². The number of hydrogen-bond donors (Lipinski definition) is 2. The standard InChI is InChI=1S/C20H17NO6/c22-18(15-10-14-8-4-5-9-17(14)27-20(15)25)21-16(19(23)24)12-26-11-13-6-2-1-3-7-13/h1-10,16H,11-12H2,(H,21,22)(H,23,24)/t16-/m0/s1. The van der Waals surface area contributed by atoms with Crippen molar-refractivity contribution in [1.82, 2.24) is 5.32 Å². The molecular formula is C20H17NO6. The second-order valence-electron chi connectivity index (χ2n) is 5.85. The van der Waals surface area contributed by atoms with E-state index in [0.29, 0.717) is 11.0 Å². The van der Waals surface area contributed by atoms with E-state index >= 15 is 0 Å². The molecule has 0 bridgehead atoms. The van der Waals surface area contributed by atoms with Crippen molar-refractivity contribution < 1.29 is 23.8 Å². The molecule has 0 saturated carbocycles. The molecule has 0 saturated heterocycles. The van der Waals surface area contributed by atoms with E-state index in [9.17, 15) is 19.5 Å². The van der Waals surface area contributed by atoms with Gasteiger partial charge in [0.2, 0.25) is 0 Å². The Labute approximate surface area is 154 Å². The summed E-state index contributed by atoms with van der Waals surface area (Å²) in [6.45, 7) is -0.0342. The third-order valence-electron chi connectivity index (χ3n) is 3.89. The number of ether oxygens (including phenoxy) is 1. The Hall–Kier alpha value is -3.45. The highest BCUT2D eigenvalue weighted by atomic mass is 16.5. The number of fused-ring (bicyclic) bond motifs is 1. The fraction of sp³-hybridized carbons (Fsp3) is 0.150. The summed E-state index contributed by atoms with van der Waals surface area (Å²) in [7, 11) is 0. The van der Waals surface area contributed by atoms with Gasteiger partial charge in [0, 0.05) is 5.39 Å². The minimum atomic E-state index is -1.30. The molecule has 7 heteroatoms. The smallest absolute Gasteiger partial charge is 0.349 e. The maximum atomic E-state index is 12.4. The first-order valence-corrected chi connectivity index (χ1v) is 8.23.